The molecule has 11 heteroatoms. The number of aromatic nitrogens is 3. The van der Waals surface area contributed by atoms with Gasteiger partial charge in [-0.25, -0.2) is 9.97 Å². The quantitative estimate of drug-likeness (QED) is 0.251. The maximum absolute atomic E-state index is 15.2. The molecule has 37 heavy (non-hydrogen) atoms. The van der Waals surface area contributed by atoms with Gasteiger partial charge in [0.15, 0.2) is 0 Å². The Morgan fingerprint density at radius 1 is 0.973 bits per heavy atom. The molecule has 0 aliphatic heterocycles. The second-order valence-electron chi connectivity index (χ2n) is 8.06. The van der Waals surface area contributed by atoms with Crippen LogP contribution in [0.1, 0.15) is 18.1 Å². The fourth-order valence-corrected chi connectivity index (χ4v) is 3.82. The van der Waals surface area contributed by atoms with Crippen molar-refractivity contribution in [1.82, 2.24) is 15.0 Å². The number of pyridine rings is 1. The Balaban J connectivity index is 1.57. The predicted molar refractivity (Wildman–Crippen MR) is 141 cm³/mol. The van der Waals surface area contributed by atoms with Gasteiger partial charge in [0.2, 0.25) is 11.9 Å². The minimum atomic E-state index is -3.94. The molecule has 2 amide bonds. The molecule has 188 valence electrons. The van der Waals surface area contributed by atoms with E-state index in [-0.39, 0.29) is 17.3 Å². The number of benzene rings is 2. The molecule has 0 aliphatic carbocycles. The van der Waals surface area contributed by atoms with Gasteiger partial charge in [0.1, 0.15) is 0 Å². The van der Waals surface area contributed by atoms with Crippen molar-refractivity contribution in [3.05, 3.63) is 88.8 Å². The van der Waals surface area contributed by atoms with Crippen molar-refractivity contribution in [1.29, 1.82) is 0 Å². The van der Waals surface area contributed by atoms with Gasteiger partial charge >= 0.3 is 5.92 Å². The molecular formula is C26H21BrF2N6O2. The number of nitrogens with zero attached hydrogens (tertiary/aromatic N) is 3. The Labute approximate surface area is 219 Å². The van der Waals surface area contributed by atoms with E-state index in [4.69, 9.17) is 0 Å². The summed E-state index contributed by atoms with van der Waals surface area (Å²) in [4.78, 5) is 37.0. The van der Waals surface area contributed by atoms with Crippen LogP contribution in [0, 0.1) is 6.92 Å². The van der Waals surface area contributed by atoms with E-state index in [1.165, 1.54) is 31.2 Å². The number of carbonyl (C=O) groups is 2. The third-order valence-electron chi connectivity index (χ3n) is 5.27. The molecule has 8 nitrogen and oxygen atoms in total. The molecule has 0 fully saturated rings. The number of aryl methyl sites for hydroxylation is 1. The molecule has 0 aliphatic rings. The number of amides is 2. The smallest absolute Gasteiger partial charge is 0.326 e. The summed E-state index contributed by atoms with van der Waals surface area (Å²) in [5.74, 6) is -5.75. The number of halogens is 3. The minimum absolute atomic E-state index is 0.136. The Bertz CT molecular complexity index is 1470. The summed E-state index contributed by atoms with van der Waals surface area (Å²) in [7, 11) is 0. The topological polar surface area (TPSA) is 109 Å². The molecular weight excluding hydrogens is 546 g/mol. The van der Waals surface area contributed by atoms with Gasteiger partial charge in [0, 0.05) is 46.9 Å². The minimum Gasteiger partial charge on any atom is -0.326 e. The lowest BCUT2D eigenvalue weighted by Crippen LogP contribution is -2.33. The third-order valence-corrected chi connectivity index (χ3v) is 5.76. The van der Waals surface area contributed by atoms with Gasteiger partial charge < -0.3 is 16.0 Å². The van der Waals surface area contributed by atoms with Crippen LogP contribution in [0.4, 0.5) is 31.8 Å². The largest absolute Gasteiger partial charge is 0.352 e. The Kier molecular flexibility index (Phi) is 7.53. The fourth-order valence-electron chi connectivity index (χ4n) is 3.46. The summed E-state index contributed by atoms with van der Waals surface area (Å²) in [6.07, 6.45) is 4.92. The number of alkyl halides is 2. The van der Waals surface area contributed by atoms with Crippen molar-refractivity contribution in [2.45, 2.75) is 19.8 Å². The maximum Gasteiger partial charge on any atom is 0.352 e. The number of carbonyl (C=O) groups excluding carboxylic acids is 2. The van der Waals surface area contributed by atoms with Crippen LogP contribution < -0.4 is 16.0 Å². The average molecular weight is 567 g/mol. The van der Waals surface area contributed by atoms with Crippen LogP contribution in [0.3, 0.4) is 0 Å². The van der Waals surface area contributed by atoms with Gasteiger partial charge in [0.25, 0.3) is 5.91 Å². The molecule has 4 rings (SSSR count). The molecule has 2 aromatic carbocycles. The SMILES string of the molecule is CC(=O)Nc1ccc(Br)cc1C(F)(F)C(=O)Nc1ccc(C)c(Nc2nccc(-c3cccnc3)n2)c1. The molecule has 2 heterocycles. The molecule has 4 aromatic rings. The van der Waals surface area contributed by atoms with E-state index in [9.17, 15) is 9.59 Å². The van der Waals surface area contributed by atoms with Crippen LogP contribution in [0.25, 0.3) is 11.3 Å². The Morgan fingerprint density at radius 3 is 2.51 bits per heavy atom. The zero-order valence-corrected chi connectivity index (χ0v) is 21.3. The molecule has 0 saturated carbocycles. The molecule has 0 unspecified atom stereocenters. The monoisotopic (exact) mass is 566 g/mol. The van der Waals surface area contributed by atoms with E-state index in [1.807, 2.05) is 13.0 Å². The van der Waals surface area contributed by atoms with Crippen molar-refractivity contribution in [3.8, 4) is 11.3 Å². The zero-order chi connectivity index (χ0) is 26.6. The van der Waals surface area contributed by atoms with Gasteiger partial charge in [-0.1, -0.05) is 22.0 Å². The van der Waals surface area contributed by atoms with E-state index in [0.717, 1.165) is 17.2 Å². The zero-order valence-electron chi connectivity index (χ0n) is 19.7. The molecule has 0 saturated heterocycles. The highest BCUT2D eigenvalue weighted by Gasteiger charge is 2.43. The van der Waals surface area contributed by atoms with Crippen LogP contribution >= 0.6 is 15.9 Å². The van der Waals surface area contributed by atoms with Crippen molar-refractivity contribution in [2.24, 2.45) is 0 Å². The lowest BCUT2D eigenvalue weighted by molar-refractivity contribution is -0.140. The second kappa shape index (κ2) is 10.8. The first-order valence-corrected chi connectivity index (χ1v) is 11.8. The molecule has 0 bridgehead atoms. The first kappa shape index (κ1) is 25.8. The lowest BCUT2D eigenvalue weighted by Gasteiger charge is -2.20. The summed E-state index contributed by atoms with van der Waals surface area (Å²) < 4.78 is 30.8. The van der Waals surface area contributed by atoms with Crippen LogP contribution in [0.2, 0.25) is 0 Å². The molecule has 0 radical (unpaired) electrons. The molecule has 0 spiro atoms. The van der Waals surface area contributed by atoms with Crippen LogP contribution in [0.15, 0.2) is 77.7 Å². The van der Waals surface area contributed by atoms with Crippen molar-refractivity contribution >= 4 is 50.8 Å². The van der Waals surface area contributed by atoms with E-state index < -0.39 is 23.3 Å². The summed E-state index contributed by atoms with van der Waals surface area (Å²) in [5.41, 5.74) is 2.09. The highest BCUT2D eigenvalue weighted by atomic mass is 79.9. The van der Waals surface area contributed by atoms with E-state index >= 15 is 8.78 Å². The van der Waals surface area contributed by atoms with Gasteiger partial charge in [-0.15, -0.1) is 0 Å². The van der Waals surface area contributed by atoms with E-state index in [1.54, 1.807) is 36.8 Å². The number of anilines is 4. The van der Waals surface area contributed by atoms with Gasteiger partial charge in [-0.3, -0.25) is 14.6 Å². The van der Waals surface area contributed by atoms with Gasteiger partial charge in [-0.05, 0) is 61.0 Å². The summed E-state index contributed by atoms with van der Waals surface area (Å²) in [6.45, 7) is 3.01. The molecule has 2 aromatic heterocycles. The van der Waals surface area contributed by atoms with Crippen molar-refractivity contribution in [2.75, 3.05) is 16.0 Å². The van der Waals surface area contributed by atoms with Crippen LogP contribution in [-0.4, -0.2) is 26.8 Å². The maximum atomic E-state index is 15.2. The fraction of sp³-hybridized carbons (Fsp3) is 0.115. The Morgan fingerprint density at radius 2 is 1.78 bits per heavy atom. The van der Waals surface area contributed by atoms with Crippen molar-refractivity contribution in [3.63, 3.8) is 0 Å². The van der Waals surface area contributed by atoms with Crippen LogP contribution in [0.5, 0.6) is 0 Å². The summed E-state index contributed by atoms with van der Waals surface area (Å²) in [5, 5.41) is 7.67. The van der Waals surface area contributed by atoms with Crippen molar-refractivity contribution < 1.29 is 18.4 Å². The lowest BCUT2D eigenvalue weighted by atomic mass is 10.0. The van der Waals surface area contributed by atoms with E-state index in [0.29, 0.717) is 15.9 Å². The Hall–Kier alpha value is -4.25. The number of nitrogens with one attached hydrogen (secondary N) is 3. The summed E-state index contributed by atoms with van der Waals surface area (Å²) >= 11 is 3.14. The first-order chi connectivity index (χ1) is 17.6. The number of rotatable bonds is 7. The van der Waals surface area contributed by atoms with Gasteiger partial charge in [0.05, 0.1) is 16.9 Å². The third kappa shape index (κ3) is 6.12. The molecule has 0 atom stereocenters. The molecule has 3 N–H and O–H groups in total. The van der Waals surface area contributed by atoms with Gasteiger partial charge in [-0.2, -0.15) is 8.78 Å². The van der Waals surface area contributed by atoms with E-state index in [2.05, 4.69) is 46.8 Å². The number of hydrogen-bond acceptors (Lipinski definition) is 6. The standard InChI is InChI=1S/C26H21BrF2N6O2/c1-15-5-7-19(13-23(15)35-25-31-11-9-21(34-25)17-4-3-10-30-14-17)33-24(37)26(28,29)20-12-18(27)6-8-22(20)32-16(2)36/h3-14H,1-2H3,(H,32,36)(H,33,37)(H,31,34,35). The van der Waals surface area contributed by atoms with Crippen LogP contribution in [-0.2, 0) is 15.5 Å². The summed E-state index contributed by atoms with van der Waals surface area (Å²) in [6, 6.07) is 14.0. The normalized spacial score (nSPS) is 11.1. The predicted octanol–water partition coefficient (Wildman–Crippen LogP) is 6.04. The average Bonchev–Trinajstić information content (AvgIpc) is 2.87. The number of hydrogen-bond donors (Lipinski definition) is 3. The highest BCUT2D eigenvalue weighted by Crippen LogP contribution is 2.37. The second-order valence-corrected chi connectivity index (χ2v) is 8.98. The first-order valence-electron chi connectivity index (χ1n) is 11.0. The highest BCUT2D eigenvalue weighted by molar-refractivity contribution is 9.10.